The van der Waals surface area contributed by atoms with Gasteiger partial charge in [0.05, 0.1) is 6.04 Å². The second-order valence-electron chi connectivity index (χ2n) is 5.58. The Morgan fingerprint density at radius 1 is 1.42 bits per heavy atom. The first-order valence-electron chi connectivity index (χ1n) is 6.59. The average molecular weight is 287 g/mol. The van der Waals surface area contributed by atoms with Gasteiger partial charge in [0, 0.05) is 6.61 Å². The number of rotatable bonds is 7. The molecule has 6 heteroatoms. The summed E-state index contributed by atoms with van der Waals surface area (Å²) in [5.41, 5.74) is 5.94. The van der Waals surface area contributed by atoms with Crippen molar-refractivity contribution in [2.75, 3.05) is 18.6 Å². The lowest BCUT2D eigenvalue weighted by Crippen LogP contribution is -2.23. The van der Waals surface area contributed by atoms with Gasteiger partial charge in [-0.15, -0.1) is 0 Å². The molecule has 0 saturated heterocycles. The van der Waals surface area contributed by atoms with E-state index in [1.165, 1.54) is 0 Å². The third-order valence-corrected chi connectivity index (χ3v) is 3.41. The molecule has 0 amide bonds. The molecule has 5 nitrogen and oxygen atoms in total. The Bertz CT molecular complexity index is 376. The van der Waals surface area contributed by atoms with E-state index < -0.39 is 0 Å². The fourth-order valence-corrected chi connectivity index (χ4v) is 2.24. The van der Waals surface area contributed by atoms with Crippen LogP contribution in [0, 0.1) is 5.41 Å². The standard InChI is InChI=1S/C13H25N3O2S/c1-6-17-10(13(2,3)4)11-15-12(18-16-11)9(14)7-8-19-5/h9-10H,6-8,14H2,1-5H3/t9-,10?/m0/s1. The van der Waals surface area contributed by atoms with Crippen LogP contribution >= 0.6 is 11.8 Å². The Labute approximate surface area is 119 Å². The van der Waals surface area contributed by atoms with E-state index in [-0.39, 0.29) is 17.6 Å². The fourth-order valence-electron chi connectivity index (χ4n) is 1.75. The molecule has 1 rings (SSSR count). The molecular formula is C13H25N3O2S. The molecule has 1 heterocycles. The molecule has 19 heavy (non-hydrogen) atoms. The highest BCUT2D eigenvalue weighted by molar-refractivity contribution is 7.98. The van der Waals surface area contributed by atoms with E-state index in [1.807, 2.05) is 6.92 Å². The maximum absolute atomic E-state index is 6.03. The number of thioether (sulfide) groups is 1. The molecule has 1 aromatic rings. The SMILES string of the molecule is CCOC(c1noc([C@@H](N)CCSC)n1)C(C)(C)C. The van der Waals surface area contributed by atoms with Crippen molar-refractivity contribution in [1.82, 2.24) is 10.1 Å². The Hall–Kier alpha value is -0.590. The van der Waals surface area contributed by atoms with Gasteiger partial charge in [-0.05, 0) is 30.8 Å². The topological polar surface area (TPSA) is 74.2 Å². The Morgan fingerprint density at radius 2 is 2.11 bits per heavy atom. The van der Waals surface area contributed by atoms with Crippen LogP contribution in [0.25, 0.3) is 0 Å². The second-order valence-corrected chi connectivity index (χ2v) is 6.57. The number of aromatic nitrogens is 2. The van der Waals surface area contributed by atoms with E-state index in [0.717, 1.165) is 12.2 Å². The molecule has 0 spiro atoms. The van der Waals surface area contributed by atoms with Gasteiger partial charge in [0.15, 0.2) is 0 Å². The predicted octanol–water partition coefficient (Wildman–Crippen LogP) is 2.95. The summed E-state index contributed by atoms with van der Waals surface area (Å²) in [4.78, 5) is 4.41. The van der Waals surface area contributed by atoms with Crippen LogP contribution in [0.3, 0.4) is 0 Å². The molecule has 0 radical (unpaired) electrons. The summed E-state index contributed by atoms with van der Waals surface area (Å²) in [5.74, 6) is 2.06. The molecule has 0 aliphatic carbocycles. The second kappa shape index (κ2) is 7.26. The lowest BCUT2D eigenvalue weighted by molar-refractivity contribution is -0.0203. The maximum Gasteiger partial charge on any atom is 0.243 e. The average Bonchev–Trinajstić information content (AvgIpc) is 2.80. The number of hydrogen-bond donors (Lipinski definition) is 1. The van der Waals surface area contributed by atoms with Crippen LogP contribution in [0.15, 0.2) is 4.52 Å². The number of nitrogens with two attached hydrogens (primary N) is 1. The van der Waals surface area contributed by atoms with Gasteiger partial charge in [-0.25, -0.2) is 0 Å². The minimum absolute atomic E-state index is 0.0828. The van der Waals surface area contributed by atoms with Gasteiger partial charge < -0.3 is 15.0 Å². The van der Waals surface area contributed by atoms with Crippen molar-refractivity contribution in [2.45, 2.75) is 46.3 Å². The van der Waals surface area contributed by atoms with Crippen molar-refractivity contribution < 1.29 is 9.26 Å². The van der Waals surface area contributed by atoms with E-state index in [2.05, 4.69) is 37.2 Å². The first-order chi connectivity index (χ1) is 8.90. The lowest BCUT2D eigenvalue weighted by atomic mass is 9.88. The van der Waals surface area contributed by atoms with Crippen LogP contribution in [-0.2, 0) is 4.74 Å². The van der Waals surface area contributed by atoms with Crippen molar-refractivity contribution in [3.63, 3.8) is 0 Å². The minimum Gasteiger partial charge on any atom is -0.370 e. The third kappa shape index (κ3) is 4.78. The summed E-state index contributed by atoms with van der Waals surface area (Å²) < 4.78 is 11.0. The highest BCUT2D eigenvalue weighted by Crippen LogP contribution is 2.34. The molecule has 1 unspecified atom stereocenters. The van der Waals surface area contributed by atoms with Crippen LogP contribution < -0.4 is 5.73 Å². The van der Waals surface area contributed by atoms with Gasteiger partial charge in [-0.3, -0.25) is 0 Å². The van der Waals surface area contributed by atoms with Crippen molar-refractivity contribution >= 4 is 11.8 Å². The molecular weight excluding hydrogens is 262 g/mol. The smallest absolute Gasteiger partial charge is 0.243 e. The summed E-state index contributed by atoms with van der Waals surface area (Å²) in [5, 5.41) is 4.03. The summed E-state index contributed by atoms with van der Waals surface area (Å²) in [6.45, 7) is 8.86. The summed E-state index contributed by atoms with van der Waals surface area (Å²) in [7, 11) is 0. The molecule has 2 atom stereocenters. The Kier molecular flexibility index (Phi) is 6.29. The van der Waals surface area contributed by atoms with Crippen LogP contribution in [0.2, 0.25) is 0 Å². The largest absolute Gasteiger partial charge is 0.370 e. The number of nitrogens with zero attached hydrogens (tertiary/aromatic N) is 2. The van der Waals surface area contributed by atoms with Gasteiger partial charge in [-0.1, -0.05) is 25.9 Å². The van der Waals surface area contributed by atoms with Crippen LogP contribution in [0.4, 0.5) is 0 Å². The van der Waals surface area contributed by atoms with Gasteiger partial charge in [0.25, 0.3) is 0 Å². The van der Waals surface area contributed by atoms with Crippen LogP contribution in [0.5, 0.6) is 0 Å². The van der Waals surface area contributed by atoms with Crippen molar-refractivity contribution in [3.05, 3.63) is 11.7 Å². The fraction of sp³-hybridized carbons (Fsp3) is 0.846. The zero-order valence-electron chi connectivity index (χ0n) is 12.5. The Balaban J connectivity index is 2.81. The summed E-state index contributed by atoms with van der Waals surface area (Å²) >= 11 is 1.76. The zero-order chi connectivity index (χ0) is 14.5. The third-order valence-electron chi connectivity index (χ3n) is 2.76. The quantitative estimate of drug-likeness (QED) is 0.831. The van der Waals surface area contributed by atoms with Crippen molar-refractivity contribution in [1.29, 1.82) is 0 Å². The minimum atomic E-state index is -0.198. The number of ether oxygens (including phenoxy) is 1. The number of hydrogen-bond acceptors (Lipinski definition) is 6. The highest BCUT2D eigenvalue weighted by Gasteiger charge is 2.31. The molecule has 0 aromatic carbocycles. The molecule has 2 N–H and O–H groups in total. The molecule has 110 valence electrons. The van der Waals surface area contributed by atoms with Gasteiger partial charge >= 0.3 is 0 Å². The molecule has 0 aliphatic rings. The lowest BCUT2D eigenvalue weighted by Gasteiger charge is -2.27. The zero-order valence-corrected chi connectivity index (χ0v) is 13.3. The molecule has 0 bridgehead atoms. The molecule has 0 aliphatic heterocycles. The predicted molar refractivity (Wildman–Crippen MR) is 78.0 cm³/mol. The van der Waals surface area contributed by atoms with Gasteiger partial charge in [0.1, 0.15) is 6.10 Å². The van der Waals surface area contributed by atoms with Gasteiger partial charge in [0.2, 0.25) is 11.7 Å². The molecule has 1 aromatic heterocycles. The van der Waals surface area contributed by atoms with E-state index in [0.29, 0.717) is 18.3 Å². The van der Waals surface area contributed by atoms with Crippen LogP contribution in [0.1, 0.15) is 58.0 Å². The monoisotopic (exact) mass is 287 g/mol. The van der Waals surface area contributed by atoms with Crippen LogP contribution in [-0.4, -0.2) is 28.8 Å². The first kappa shape index (κ1) is 16.5. The maximum atomic E-state index is 6.03. The Morgan fingerprint density at radius 3 is 2.63 bits per heavy atom. The summed E-state index contributed by atoms with van der Waals surface area (Å²) in [6, 6.07) is -0.198. The first-order valence-corrected chi connectivity index (χ1v) is 7.99. The van der Waals surface area contributed by atoms with Gasteiger partial charge in [-0.2, -0.15) is 16.7 Å². The van der Waals surface area contributed by atoms with E-state index in [1.54, 1.807) is 11.8 Å². The molecule has 0 saturated carbocycles. The van der Waals surface area contributed by atoms with Crippen molar-refractivity contribution in [3.8, 4) is 0 Å². The summed E-state index contributed by atoms with van der Waals surface area (Å²) in [6.07, 6.45) is 2.71. The van der Waals surface area contributed by atoms with E-state index >= 15 is 0 Å². The normalized spacial score (nSPS) is 15.5. The van der Waals surface area contributed by atoms with E-state index in [4.69, 9.17) is 15.0 Å². The molecule has 0 fully saturated rings. The van der Waals surface area contributed by atoms with E-state index in [9.17, 15) is 0 Å². The van der Waals surface area contributed by atoms with Crippen molar-refractivity contribution in [2.24, 2.45) is 11.1 Å². The highest BCUT2D eigenvalue weighted by atomic mass is 32.2.